The van der Waals surface area contributed by atoms with Crippen LogP contribution < -0.4 is 20.8 Å². The third-order valence-corrected chi connectivity index (χ3v) is 5.41. The zero-order valence-electron chi connectivity index (χ0n) is 20.2. The molecular weight excluding hydrogens is 444 g/mol. The smallest absolute Gasteiger partial charge is 0.213 e. The van der Waals surface area contributed by atoms with Gasteiger partial charge in [0.05, 0.1) is 23.9 Å². The molecule has 1 saturated heterocycles. The molecule has 1 aromatic carbocycles. The molecule has 184 valence electrons. The first-order chi connectivity index (χ1) is 17.1. The average molecular weight is 477 g/mol. The predicted octanol–water partition coefficient (Wildman–Crippen LogP) is 2.22. The Morgan fingerprint density at radius 2 is 2.11 bits per heavy atom. The molecule has 1 fully saturated rings. The summed E-state index contributed by atoms with van der Waals surface area (Å²) in [6.45, 7) is 11.7. The summed E-state index contributed by atoms with van der Waals surface area (Å²) >= 11 is 0. The maximum absolute atomic E-state index is 5.81. The van der Waals surface area contributed by atoms with E-state index >= 15 is 0 Å². The molecule has 0 spiro atoms. The molecule has 1 aliphatic rings. The standard InChI is InChI=1S/C26H32N6O3/c1-19-7-6-8-22(17-19)30-26-28-20(2)23(31-26)18-24(32-11-13-33-14-12-32)29-21(3)34-15-16-35-25-9-4-5-10-27-25/h4-10,17-18,24H,2,11-16H2,1,3H3,(H2,28,30,31)/b23-18?,29-21+. The van der Waals surface area contributed by atoms with Crippen LogP contribution in [0.25, 0.3) is 12.7 Å². The third kappa shape index (κ3) is 7.40. The van der Waals surface area contributed by atoms with Crippen LogP contribution in [-0.4, -0.2) is 71.4 Å². The number of aromatic nitrogens is 3. The summed E-state index contributed by atoms with van der Waals surface area (Å²) in [6.07, 6.45) is 3.44. The van der Waals surface area contributed by atoms with Crippen LogP contribution in [0.4, 0.5) is 11.6 Å². The number of benzene rings is 1. The maximum Gasteiger partial charge on any atom is 0.213 e. The zero-order valence-corrected chi connectivity index (χ0v) is 20.2. The van der Waals surface area contributed by atoms with E-state index in [-0.39, 0.29) is 6.17 Å². The van der Waals surface area contributed by atoms with E-state index < -0.39 is 0 Å². The number of nitrogens with zero attached hydrogens (tertiary/aromatic N) is 4. The second-order valence-corrected chi connectivity index (χ2v) is 8.19. The van der Waals surface area contributed by atoms with Gasteiger partial charge in [-0.05, 0) is 36.8 Å². The number of hydrogen-bond donors (Lipinski definition) is 2. The van der Waals surface area contributed by atoms with Gasteiger partial charge in [-0.2, -0.15) is 0 Å². The van der Waals surface area contributed by atoms with Crippen LogP contribution in [0.5, 0.6) is 5.88 Å². The van der Waals surface area contributed by atoms with Crippen molar-refractivity contribution in [3.8, 4) is 5.88 Å². The first kappa shape index (κ1) is 24.4. The fourth-order valence-electron chi connectivity index (χ4n) is 3.68. The van der Waals surface area contributed by atoms with Crippen LogP contribution in [0.15, 0.2) is 53.7 Å². The highest BCUT2D eigenvalue weighted by atomic mass is 16.5. The Kier molecular flexibility index (Phi) is 8.48. The summed E-state index contributed by atoms with van der Waals surface area (Å²) in [4.78, 5) is 19.1. The number of hydrogen-bond acceptors (Lipinski definition) is 8. The van der Waals surface area contributed by atoms with Gasteiger partial charge in [0.1, 0.15) is 19.4 Å². The molecule has 1 unspecified atom stereocenters. The van der Waals surface area contributed by atoms with Crippen molar-refractivity contribution in [3.05, 3.63) is 64.9 Å². The monoisotopic (exact) mass is 476 g/mol. The second kappa shape index (κ2) is 12.1. The van der Waals surface area contributed by atoms with E-state index in [0.717, 1.165) is 29.5 Å². The molecule has 2 aromatic heterocycles. The number of rotatable bonds is 9. The molecule has 1 aliphatic heterocycles. The Morgan fingerprint density at radius 1 is 1.26 bits per heavy atom. The quantitative estimate of drug-likeness (QED) is 0.278. The molecule has 35 heavy (non-hydrogen) atoms. The van der Waals surface area contributed by atoms with Gasteiger partial charge in [-0.15, -0.1) is 0 Å². The number of aliphatic imine (C=N–C) groups is 1. The van der Waals surface area contributed by atoms with Gasteiger partial charge in [0.15, 0.2) is 5.90 Å². The lowest BCUT2D eigenvalue weighted by Crippen LogP contribution is -2.43. The van der Waals surface area contributed by atoms with Gasteiger partial charge < -0.3 is 24.5 Å². The summed E-state index contributed by atoms with van der Waals surface area (Å²) in [5.74, 6) is 1.78. The summed E-state index contributed by atoms with van der Waals surface area (Å²) in [5, 5.41) is 4.77. The molecule has 1 atom stereocenters. The molecule has 0 saturated carbocycles. The molecule has 9 heteroatoms. The molecule has 9 nitrogen and oxygen atoms in total. The minimum Gasteiger partial charge on any atom is -0.478 e. The normalized spacial score (nSPS) is 16.2. The van der Waals surface area contributed by atoms with Gasteiger partial charge in [0, 0.05) is 38.0 Å². The highest BCUT2D eigenvalue weighted by Crippen LogP contribution is 2.13. The van der Waals surface area contributed by atoms with E-state index in [1.54, 1.807) is 6.20 Å². The number of aromatic amines is 1. The average Bonchev–Trinajstić information content (AvgIpc) is 3.21. The fraction of sp³-hybridized carbons (Fsp3) is 0.346. The van der Waals surface area contributed by atoms with Crippen LogP contribution >= 0.6 is 0 Å². The number of aryl methyl sites for hydroxylation is 1. The lowest BCUT2D eigenvalue weighted by Gasteiger charge is -2.30. The lowest BCUT2D eigenvalue weighted by atomic mass is 10.2. The van der Waals surface area contributed by atoms with Gasteiger partial charge in [0.25, 0.3) is 0 Å². The van der Waals surface area contributed by atoms with Gasteiger partial charge in [-0.25, -0.2) is 15.0 Å². The van der Waals surface area contributed by atoms with E-state index in [4.69, 9.17) is 24.2 Å². The maximum atomic E-state index is 5.81. The summed E-state index contributed by atoms with van der Waals surface area (Å²) in [5.41, 5.74) is 2.14. The van der Waals surface area contributed by atoms with Crippen LogP contribution in [0, 0.1) is 6.92 Å². The SMILES string of the molecule is C=c1[nH]c(Nc2cccc(C)c2)nc1=CC(/N=C(\C)OCCOc1ccccn1)N1CCOCC1. The minimum absolute atomic E-state index is 0.258. The Balaban J connectivity index is 1.46. The van der Waals surface area contributed by atoms with Crippen molar-refractivity contribution in [2.75, 3.05) is 44.8 Å². The number of pyridine rings is 1. The van der Waals surface area contributed by atoms with Gasteiger partial charge in [-0.3, -0.25) is 4.90 Å². The minimum atomic E-state index is -0.258. The second-order valence-electron chi connectivity index (χ2n) is 8.19. The highest BCUT2D eigenvalue weighted by molar-refractivity contribution is 5.74. The Labute approximate surface area is 205 Å². The summed E-state index contributed by atoms with van der Waals surface area (Å²) in [7, 11) is 0. The first-order valence-electron chi connectivity index (χ1n) is 11.7. The summed E-state index contributed by atoms with van der Waals surface area (Å²) in [6, 6.07) is 13.7. The number of ether oxygens (including phenoxy) is 3. The van der Waals surface area contributed by atoms with E-state index in [2.05, 4.69) is 45.8 Å². The molecule has 2 N–H and O–H groups in total. The number of H-pyrrole nitrogens is 1. The van der Waals surface area contributed by atoms with Crippen molar-refractivity contribution in [1.82, 2.24) is 19.9 Å². The van der Waals surface area contributed by atoms with Crippen LogP contribution in [0.3, 0.4) is 0 Å². The molecule has 3 heterocycles. The van der Waals surface area contributed by atoms with Crippen molar-refractivity contribution in [3.63, 3.8) is 0 Å². The van der Waals surface area contributed by atoms with E-state index in [1.165, 1.54) is 5.56 Å². The predicted molar refractivity (Wildman–Crippen MR) is 137 cm³/mol. The van der Waals surface area contributed by atoms with Gasteiger partial charge in [0.2, 0.25) is 11.8 Å². The number of anilines is 2. The topological polar surface area (TPSA) is 96.9 Å². The largest absolute Gasteiger partial charge is 0.478 e. The molecule has 3 aromatic rings. The van der Waals surface area contributed by atoms with Crippen molar-refractivity contribution >= 4 is 30.2 Å². The third-order valence-electron chi connectivity index (χ3n) is 5.41. The van der Waals surface area contributed by atoms with Crippen molar-refractivity contribution in [1.29, 1.82) is 0 Å². The number of morpholine rings is 1. The molecule has 0 aliphatic carbocycles. The Bertz CT molecular complexity index is 1220. The molecule has 0 bridgehead atoms. The number of imidazole rings is 1. The van der Waals surface area contributed by atoms with Gasteiger partial charge in [-0.1, -0.05) is 24.8 Å². The van der Waals surface area contributed by atoms with E-state index in [9.17, 15) is 0 Å². The van der Waals surface area contributed by atoms with E-state index in [0.29, 0.717) is 44.2 Å². The number of nitrogens with one attached hydrogen (secondary N) is 2. The molecule has 4 rings (SSSR count). The van der Waals surface area contributed by atoms with Crippen molar-refractivity contribution in [2.45, 2.75) is 20.0 Å². The Hall–Kier alpha value is -3.69. The highest BCUT2D eigenvalue weighted by Gasteiger charge is 2.19. The fourth-order valence-corrected chi connectivity index (χ4v) is 3.68. The zero-order chi connectivity index (χ0) is 24.5. The summed E-state index contributed by atoms with van der Waals surface area (Å²) < 4.78 is 16.9. The van der Waals surface area contributed by atoms with Crippen molar-refractivity contribution in [2.24, 2.45) is 4.99 Å². The van der Waals surface area contributed by atoms with Gasteiger partial charge >= 0.3 is 0 Å². The first-order valence-corrected chi connectivity index (χ1v) is 11.7. The Morgan fingerprint density at radius 3 is 2.89 bits per heavy atom. The van der Waals surface area contributed by atoms with Crippen molar-refractivity contribution < 1.29 is 14.2 Å². The molecular formula is C26H32N6O3. The molecule has 0 amide bonds. The molecule has 0 radical (unpaired) electrons. The van der Waals surface area contributed by atoms with Crippen LogP contribution in [-0.2, 0) is 9.47 Å². The van der Waals surface area contributed by atoms with Crippen LogP contribution in [0.2, 0.25) is 0 Å². The van der Waals surface area contributed by atoms with Crippen LogP contribution in [0.1, 0.15) is 12.5 Å². The van der Waals surface area contributed by atoms with E-state index in [1.807, 2.05) is 43.3 Å². The lowest BCUT2D eigenvalue weighted by molar-refractivity contribution is 0.0291.